The highest BCUT2D eigenvalue weighted by atomic mass is 16.5. The minimum atomic E-state index is -0.186. The Bertz CT molecular complexity index is 246. The number of esters is 1. The van der Waals surface area contributed by atoms with E-state index in [2.05, 4.69) is 15.5 Å². The molecule has 0 spiro atoms. The predicted molar refractivity (Wildman–Crippen MR) is 48.3 cm³/mol. The summed E-state index contributed by atoms with van der Waals surface area (Å²) in [6.45, 7) is 2.78. The van der Waals surface area contributed by atoms with Crippen LogP contribution in [0.1, 0.15) is 13.3 Å². The average molecular weight is 183 g/mol. The number of aromatic amines is 1. The summed E-state index contributed by atoms with van der Waals surface area (Å²) >= 11 is 0. The summed E-state index contributed by atoms with van der Waals surface area (Å²) in [5.74, 6) is 0.624. The van der Waals surface area contributed by atoms with Gasteiger partial charge in [0, 0.05) is 6.54 Å². The lowest BCUT2D eigenvalue weighted by atomic mass is 10.4. The molecular weight excluding hydrogens is 170 g/mol. The monoisotopic (exact) mass is 183 g/mol. The van der Waals surface area contributed by atoms with Crippen molar-refractivity contribution >= 4 is 11.8 Å². The van der Waals surface area contributed by atoms with E-state index in [1.54, 1.807) is 19.2 Å². The second-order valence-electron chi connectivity index (χ2n) is 2.45. The smallest absolute Gasteiger partial charge is 0.307 e. The van der Waals surface area contributed by atoms with E-state index in [1.165, 1.54) is 0 Å². The van der Waals surface area contributed by atoms with Crippen LogP contribution >= 0.6 is 0 Å². The third-order valence-corrected chi connectivity index (χ3v) is 1.45. The second-order valence-corrected chi connectivity index (χ2v) is 2.45. The van der Waals surface area contributed by atoms with Crippen LogP contribution in [0.2, 0.25) is 0 Å². The van der Waals surface area contributed by atoms with Gasteiger partial charge in [0.2, 0.25) is 0 Å². The third kappa shape index (κ3) is 3.59. The normalized spacial score (nSPS) is 9.62. The first-order valence-electron chi connectivity index (χ1n) is 4.21. The lowest BCUT2D eigenvalue weighted by molar-refractivity contribution is -0.142. The maximum Gasteiger partial charge on any atom is 0.307 e. The fourth-order valence-corrected chi connectivity index (χ4v) is 0.887. The number of anilines is 1. The summed E-state index contributed by atoms with van der Waals surface area (Å²) in [6, 6.07) is 1.80. The van der Waals surface area contributed by atoms with Crippen LogP contribution in [0.4, 0.5) is 5.82 Å². The number of rotatable bonds is 5. The predicted octanol–water partition coefficient (Wildman–Crippen LogP) is 0.775. The zero-order valence-corrected chi connectivity index (χ0v) is 7.54. The molecule has 0 aliphatic rings. The number of nitrogens with zero attached hydrogens (tertiary/aromatic N) is 1. The number of H-pyrrole nitrogens is 1. The van der Waals surface area contributed by atoms with E-state index >= 15 is 0 Å². The van der Waals surface area contributed by atoms with E-state index in [0.29, 0.717) is 19.6 Å². The quantitative estimate of drug-likeness (QED) is 0.662. The number of ether oxygens (including phenoxy) is 1. The summed E-state index contributed by atoms with van der Waals surface area (Å²) < 4.78 is 4.76. The van der Waals surface area contributed by atoms with Crippen LogP contribution in [0.3, 0.4) is 0 Å². The Balaban J connectivity index is 2.11. The minimum Gasteiger partial charge on any atom is -0.466 e. The molecule has 0 bridgehead atoms. The second kappa shape index (κ2) is 5.18. The van der Waals surface area contributed by atoms with Gasteiger partial charge in [0.1, 0.15) is 5.82 Å². The van der Waals surface area contributed by atoms with Crippen molar-refractivity contribution in [2.45, 2.75) is 13.3 Å². The van der Waals surface area contributed by atoms with Gasteiger partial charge in [-0.25, -0.2) is 0 Å². The Morgan fingerprint density at radius 1 is 1.77 bits per heavy atom. The summed E-state index contributed by atoms with van der Waals surface area (Å²) in [7, 11) is 0. The molecule has 0 amide bonds. The summed E-state index contributed by atoms with van der Waals surface area (Å²) in [6.07, 6.45) is 2.01. The molecule has 0 atom stereocenters. The molecule has 0 saturated carbocycles. The number of hydrogen-bond donors (Lipinski definition) is 2. The Morgan fingerprint density at radius 3 is 3.23 bits per heavy atom. The molecule has 5 heteroatoms. The molecule has 72 valence electrons. The highest BCUT2D eigenvalue weighted by Gasteiger charge is 2.00. The summed E-state index contributed by atoms with van der Waals surface area (Å²) in [5.41, 5.74) is 0. The van der Waals surface area contributed by atoms with Crippen molar-refractivity contribution in [3.05, 3.63) is 12.3 Å². The van der Waals surface area contributed by atoms with E-state index in [9.17, 15) is 4.79 Å². The number of nitrogens with one attached hydrogen (secondary N) is 2. The van der Waals surface area contributed by atoms with Crippen LogP contribution < -0.4 is 5.32 Å². The summed E-state index contributed by atoms with van der Waals surface area (Å²) in [4.78, 5) is 10.9. The van der Waals surface area contributed by atoms with Gasteiger partial charge in [0.05, 0.1) is 19.2 Å². The fourth-order valence-electron chi connectivity index (χ4n) is 0.887. The van der Waals surface area contributed by atoms with E-state index < -0.39 is 0 Å². The standard InChI is InChI=1S/C8H13N3O2/c1-2-13-8(12)4-5-9-7-3-6-10-11-7/h3,6H,2,4-5H2,1H3,(H2,9,10,11). The first kappa shape index (κ1) is 9.57. The van der Waals surface area contributed by atoms with Crippen LogP contribution in [0.25, 0.3) is 0 Å². The van der Waals surface area contributed by atoms with E-state index in [0.717, 1.165) is 5.82 Å². The molecule has 0 unspecified atom stereocenters. The molecule has 5 nitrogen and oxygen atoms in total. The molecular formula is C8H13N3O2. The summed E-state index contributed by atoms with van der Waals surface area (Å²) in [5, 5.41) is 9.48. The van der Waals surface area contributed by atoms with Crippen molar-refractivity contribution in [3.63, 3.8) is 0 Å². The van der Waals surface area contributed by atoms with Crippen LogP contribution in [-0.4, -0.2) is 29.3 Å². The Kier molecular flexibility index (Phi) is 3.81. The highest BCUT2D eigenvalue weighted by Crippen LogP contribution is 1.98. The van der Waals surface area contributed by atoms with Crippen LogP contribution in [0.15, 0.2) is 12.3 Å². The van der Waals surface area contributed by atoms with Gasteiger partial charge >= 0.3 is 5.97 Å². The van der Waals surface area contributed by atoms with Crippen LogP contribution in [-0.2, 0) is 9.53 Å². The maximum absolute atomic E-state index is 10.9. The molecule has 0 fully saturated rings. The van der Waals surface area contributed by atoms with Crippen molar-refractivity contribution < 1.29 is 9.53 Å². The first-order valence-corrected chi connectivity index (χ1v) is 4.21. The molecule has 0 aromatic carbocycles. The molecule has 13 heavy (non-hydrogen) atoms. The van der Waals surface area contributed by atoms with Gasteiger partial charge < -0.3 is 10.1 Å². The zero-order chi connectivity index (χ0) is 9.52. The number of carbonyl (C=O) groups excluding carboxylic acids is 1. The van der Waals surface area contributed by atoms with Crippen molar-refractivity contribution in [2.75, 3.05) is 18.5 Å². The first-order chi connectivity index (χ1) is 6.33. The van der Waals surface area contributed by atoms with Gasteiger partial charge in [-0.2, -0.15) is 5.10 Å². The van der Waals surface area contributed by atoms with Crippen LogP contribution in [0, 0.1) is 0 Å². The molecule has 1 rings (SSSR count). The van der Waals surface area contributed by atoms with E-state index in [-0.39, 0.29) is 5.97 Å². The molecule has 1 heterocycles. The van der Waals surface area contributed by atoms with Gasteiger partial charge in [-0.3, -0.25) is 9.89 Å². The van der Waals surface area contributed by atoms with Gasteiger partial charge in [-0.05, 0) is 13.0 Å². The molecule has 0 aliphatic carbocycles. The number of carbonyl (C=O) groups is 1. The average Bonchev–Trinajstić information content (AvgIpc) is 2.57. The number of hydrogen-bond acceptors (Lipinski definition) is 4. The lowest BCUT2D eigenvalue weighted by Crippen LogP contribution is -2.11. The Hall–Kier alpha value is -1.52. The third-order valence-electron chi connectivity index (χ3n) is 1.45. The molecule has 0 radical (unpaired) electrons. The largest absolute Gasteiger partial charge is 0.466 e. The van der Waals surface area contributed by atoms with Crippen molar-refractivity contribution in [3.8, 4) is 0 Å². The van der Waals surface area contributed by atoms with Gasteiger partial charge in [0.15, 0.2) is 0 Å². The fraction of sp³-hybridized carbons (Fsp3) is 0.500. The molecule has 2 N–H and O–H groups in total. The van der Waals surface area contributed by atoms with E-state index in [1.807, 2.05) is 0 Å². The number of aromatic nitrogens is 2. The lowest BCUT2D eigenvalue weighted by Gasteiger charge is -2.02. The van der Waals surface area contributed by atoms with Gasteiger partial charge in [0.25, 0.3) is 0 Å². The zero-order valence-electron chi connectivity index (χ0n) is 7.54. The molecule has 1 aromatic rings. The minimum absolute atomic E-state index is 0.186. The molecule has 1 aromatic heterocycles. The molecule has 0 saturated heterocycles. The van der Waals surface area contributed by atoms with Crippen molar-refractivity contribution in [1.82, 2.24) is 10.2 Å². The topological polar surface area (TPSA) is 67.0 Å². The maximum atomic E-state index is 10.9. The highest BCUT2D eigenvalue weighted by molar-refractivity contribution is 5.69. The van der Waals surface area contributed by atoms with Gasteiger partial charge in [-0.15, -0.1) is 0 Å². The van der Waals surface area contributed by atoms with Crippen molar-refractivity contribution in [1.29, 1.82) is 0 Å². The van der Waals surface area contributed by atoms with Crippen LogP contribution in [0.5, 0.6) is 0 Å². The molecule has 0 aliphatic heterocycles. The van der Waals surface area contributed by atoms with Gasteiger partial charge in [-0.1, -0.05) is 0 Å². The SMILES string of the molecule is CCOC(=O)CCNc1ccn[nH]1. The van der Waals surface area contributed by atoms with E-state index in [4.69, 9.17) is 4.74 Å². The Labute approximate surface area is 76.5 Å². The Morgan fingerprint density at radius 2 is 2.62 bits per heavy atom. The van der Waals surface area contributed by atoms with Crippen molar-refractivity contribution in [2.24, 2.45) is 0 Å².